The second kappa shape index (κ2) is 8.72. The van der Waals surface area contributed by atoms with Crippen LogP contribution in [-0.2, 0) is 4.74 Å². The lowest BCUT2D eigenvalue weighted by atomic mass is 9.86. The maximum atomic E-state index is 13.7. The number of pyridine rings is 1. The lowest BCUT2D eigenvalue weighted by Gasteiger charge is -2.45. The predicted molar refractivity (Wildman–Crippen MR) is 109 cm³/mol. The minimum Gasteiger partial charge on any atom is -0.396 e. The third kappa shape index (κ3) is 4.14. The molecule has 4 rings (SSSR count). The van der Waals surface area contributed by atoms with Gasteiger partial charge in [0, 0.05) is 50.3 Å². The third-order valence-electron chi connectivity index (χ3n) is 6.23. The number of anilines is 1. The van der Waals surface area contributed by atoms with Crippen LogP contribution in [0.5, 0.6) is 0 Å². The Bertz CT molecular complexity index is 810. The van der Waals surface area contributed by atoms with Crippen LogP contribution in [0.1, 0.15) is 24.8 Å². The Hall–Kier alpha value is -1.76. The average Bonchev–Trinajstić information content (AvgIpc) is 2.72. The summed E-state index contributed by atoms with van der Waals surface area (Å²) < 4.78 is 19.2. The number of rotatable bonds is 5. The SMILES string of the molecule is Cc1cc(N2CC[C@H](N3CCOCC3)[C@H](CCCO)C2)nc2cc(F)ccc12. The van der Waals surface area contributed by atoms with Gasteiger partial charge >= 0.3 is 0 Å². The number of aliphatic hydroxyl groups excluding tert-OH is 1. The number of fused-ring (bicyclic) bond motifs is 1. The monoisotopic (exact) mass is 387 g/mol. The molecule has 1 N–H and O–H groups in total. The topological polar surface area (TPSA) is 48.8 Å². The Morgan fingerprint density at radius 2 is 2.04 bits per heavy atom. The smallest absolute Gasteiger partial charge is 0.129 e. The zero-order valence-electron chi connectivity index (χ0n) is 16.6. The number of hydrogen-bond donors (Lipinski definition) is 1. The molecular formula is C22H30FN3O2. The van der Waals surface area contributed by atoms with E-state index in [4.69, 9.17) is 9.72 Å². The molecule has 3 heterocycles. The zero-order valence-corrected chi connectivity index (χ0v) is 16.6. The summed E-state index contributed by atoms with van der Waals surface area (Å²) in [5, 5.41) is 10.4. The molecule has 1 aromatic heterocycles. The summed E-state index contributed by atoms with van der Waals surface area (Å²) >= 11 is 0. The first-order chi connectivity index (χ1) is 13.7. The molecule has 0 aliphatic carbocycles. The molecule has 2 aliphatic heterocycles. The molecule has 5 nitrogen and oxygen atoms in total. The Labute approximate surface area is 166 Å². The van der Waals surface area contributed by atoms with Gasteiger partial charge in [0.1, 0.15) is 11.6 Å². The van der Waals surface area contributed by atoms with Crippen LogP contribution in [0.3, 0.4) is 0 Å². The van der Waals surface area contributed by atoms with Gasteiger partial charge in [-0.15, -0.1) is 0 Å². The standard InChI is InChI=1S/C22H30FN3O2/c1-16-13-22(24-20-14-18(23)4-5-19(16)20)26-7-6-21(17(15-26)3-2-10-27)25-8-11-28-12-9-25/h4-5,13-14,17,21,27H,2-3,6-12,15H2,1H3/t17-,21+/m1/s1. The van der Waals surface area contributed by atoms with Crippen molar-refractivity contribution < 1.29 is 14.2 Å². The maximum Gasteiger partial charge on any atom is 0.129 e. The van der Waals surface area contributed by atoms with Crippen molar-refractivity contribution in [3.8, 4) is 0 Å². The number of morpholine rings is 1. The molecule has 0 bridgehead atoms. The molecule has 0 spiro atoms. The van der Waals surface area contributed by atoms with Crippen molar-refractivity contribution in [2.75, 3.05) is 50.9 Å². The Kier molecular flexibility index (Phi) is 6.09. The fourth-order valence-corrected chi connectivity index (χ4v) is 4.77. The molecule has 0 amide bonds. The van der Waals surface area contributed by atoms with E-state index in [1.807, 2.05) is 6.07 Å². The summed E-state index contributed by atoms with van der Waals surface area (Å²) in [6.07, 6.45) is 2.92. The van der Waals surface area contributed by atoms with Gasteiger partial charge in [0.25, 0.3) is 0 Å². The Morgan fingerprint density at radius 3 is 2.82 bits per heavy atom. The molecule has 28 heavy (non-hydrogen) atoms. The van der Waals surface area contributed by atoms with Gasteiger partial charge < -0.3 is 14.7 Å². The van der Waals surface area contributed by atoms with Crippen LogP contribution in [0.2, 0.25) is 0 Å². The van der Waals surface area contributed by atoms with Gasteiger partial charge in [-0.05, 0) is 55.9 Å². The molecule has 2 aliphatic rings. The van der Waals surface area contributed by atoms with Gasteiger partial charge in [0.05, 0.1) is 18.7 Å². The fourth-order valence-electron chi connectivity index (χ4n) is 4.77. The van der Waals surface area contributed by atoms with Crippen molar-refractivity contribution >= 4 is 16.7 Å². The molecule has 2 fully saturated rings. The molecule has 0 unspecified atom stereocenters. The van der Waals surface area contributed by atoms with E-state index in [1.165, 1.54) is 12.1 Å². The number of aryl methyl sites for hydroxylation is 1. The van der Waals surface area contributed by atoms with Gasteiger partial charge in [0.2, 0.25) is 0 Å². The van der Waals surface area contributed by atoms with Crippen LogP contribution in [0, 0.1) is 18.7 Å². The van der Waals surface area contributed by atoms with Crippen molar-refractivity contribution in [3.05, 3.63) is 35.6 Å². The van der Waals surface area contributed by atoms with Crippen molar-refractivity contribution in [1.82, 2.24) is 9.88 Å². The lowest BCUT2D eigenvalue weighted by molar-refractivity contribution is -0.00415. The average molecular weight is 387 g/mol. The highest BCUT2D eigenvalue weighted by molar-refractivity contribution is 5.84. The first-order valence-electron chi connectivity index (χ1n) is 10.4. The third-order valence-corrected chi connectivity index (χ3v) is 6.23. The molecular weight excluding hydrogens is 357 g/mol. The second-order valence-electron chi connectivity index (χ2n) is 8.04. The minimum atomic E-state index is -0.247. The zero-order chi connectivity index (χ0) is 19.5. The number of aliphatic hydroxyl groups is 1. The molecule has 0 radical (unpaired) electrons. The lowest BCUT2D eigenvalue weighted by Crippen LogP contribution is -2.54. The van der Waals surface area contributed by atoms with E-state index >= 15 is 0 Å². The second-order valence-corrected chi connectivity index (χ2v) is 8.04. The van der Waals surface area contributed by atoms with E-state index in [0.29, 0.717) is 12.0 Å². The van der Waals surface area contributed by atoms with Crippen LogP contribution in [0.4, 0.5) is 10.2 Å². The molecule has 2 aromatic rings. The van der Waals surface area contributed by atoms with Crippen LogP contribution < -0.4 is 4.90 Å². The van der Waals surface area contributed by atoms with Gasteiger partial charge in [-0.25, -0.2) is 9.37 Å². The Balaban J connectivity index is 1.56. The Morgan fingerprint density at radius 1 is 1.21 bits per heavy atom. The molecule has 0 saturated carbocycles. The maximum absolute atomic E-state index is 13.7. The molecule has 2 saturated heterocycles. The summed E-state index contributed by atoms with van der Waals surface area (Å²) in [6, 6.07) is 7.49. The highest BCUT2D eigenvalue weighted by atomic mass is 19.1. The van der Waals surface area contributed by atoms with Crippen molar-refractivity contribution in [1.29, 1.82) is 0 Å². The van der Waals surface area contributed by atoms with Crippen molar-refractivity contribution in [2.24, 2.45) is 5.92 Å². The van der Waals surface area contributed by atoms with E-state index in [0.717, 1.165) is 80.9 Å². The van der Waals surface area contributed by atoms with Crippen LogP contribution in [0.25, 0.3) is 10.9 Å². The number of hydrogen-bond acceptors (Lipinski definition) is 5. The quantitative estimate of drug-likeness (QED) is 0.855. The number of halogens is 1. The van der Waals surface area contributed by atoms with E-state index in [9.17, 15) is 9.50 Å². The molecule has 6 heteroatoms. The highest BCUT2D eigenvalue weighted by Gasteiger charge is 2.34. The van der Waals surface area contributed by atoms with E-state index in [2.05, 4.69) is 22.8 Å². The van der Waals surface area contributed by atoms with Crippen LogP contribution in [0.15, 0.2) is 24.3 Å². The minimum absolute atomic E-state index is 0.235. The summed E-state index contributed by atoms with van der Waals surface area (Å²) in [5.41, 5.74) is 1.85. The first kappa shape index (κ1) is 19.6. The normalized spacial score (nSPS) is 24.0. The van der Waals surface area contributed by atoms with Crippen LogP contribution in [-0.4, -0.2) is 67.0 Å². The summed E-state index contributed by atoms with van der Waals surface area (Å²) in [4.78, 5) is 9.69. The number of nitrogens with zero attached hydrogens (tertiary/aromatic N) is 3. The highest BCUT2D eigenvalue weighted by Crippen LogP contribution is 2.31. The molecule has 1 aromatic carbocycles. The molecule has 2 atom stereocenters. The van der Waals surface area contributed by atoms with E-state index in [-0.39, 0.29) is 12.4 Å². The van der Waals surface area contributed by atoms with Gasteiger partial charge in [0.15, 0.2) is 0 Å². The van der Waals surface area contributed by atoms with Gasteiger partial charge in [-0.2, -0.15) is 0 Å². The first-order valence-corrected chi connectivity index (χ1v) is 10.4. The van der Waals surface area contributed by atoms with Crippen molar-refractivity contribution in [2.45, 2.75) is 32.2 Å². The summed E-state index contributed by atoms with van der Waals surface area (Å²) in [7, 11) is 0. The van der Waals surface area contributed by atoms with E-state index in [1.54, 1.807) is 0 Å². The summed E-state index contributed by atoms with van der Waals surface area (Å²) in [6.45, 7) is 7.78. The van der Waals surface area contributed by atoms with Gasteiger partial charge in [-0.1, -0.05) is 0 Å². The number of piperidine rings is 1. The fraction of sp³-hybridized carbons (Fsp3) is 0.591. The predicted octanol–water partition coefficient (Wildman–Crippen LogP) is 2.98. The summed E-state index contributed by atoms with van der Waals surface area (Å²) in [5.74, 6) is 1.18. The van der Waals surface area contributed by atoms with Crippen LogP contribution >= 0.6 is 0 Å². The number of benzene rings is 1. The van der Waals surface area contributed by atoms with Gasteiger partial charge in [-0.3, -0.25) is 4.90 Å². The van der Waals surface area contributed by atoms with E-state index < -0.39 is 0 Å². The van der Waals surface area contributed by atoms with Crippen molar-refractivity contribution in [3.63, 3.8) is 0 Å². The number of ether oxygens (including phenoxy) is 1. The molecule has 152 valence electrons. The largest absolute Gasteiger partial charge is 0.396 e. The number of aromatic nitrogens is 1.